The number of amides is 1. The zero-order valence-electron chi connectivity index (χ0n) is 7.41. The Morgan fingerprint density at radius 3 is 2.50 bits per heavy atom. The van der Waals surface area contributed by atoms with Gasteiger partial charge in [0.2, 0.25) is 0 Å². The highest BCUT2D eigenvalue weighted by Crippen LogP contribution is 1.77. The molecular weight excluding hydrogens is 162 g/mol. The number of ether oxygens (including phenoxy) is 2. The molecule has 0 spiro atoms. The summed E-state index contributed by atoms with van der Waals surface area (Å²) in [5.74, 6) is -0.341. The summed E-state index contributed by atoms with van der Waals surface area (Å²) in [6.07, 6.45) is 0. The summed E-state index contributed by atoms with van der Waals surface area (Å²) in [5, 5.41) is 0. The molecule has 0 aliphatic carbocycles. The fourth-order valence-electron chi connectivity index (χ4n) is 0.477. The molecule has 12 heavy (non-hydrogen) atoms. The summed E-state index contributed by atoms with van der Waals surface area (Å²) in [6, 6.07) is 0. The van der Waals surface area contributed by atoms with Crippen molar-refractivity contribution in [1.82, 2.24) is 5.48 Å². The number of hydrogen-bond acceptors (Lipinski definition) is 4. The molecule has 0 aliphatic rings. The molecule has 0 saturated heterocycles. The van der Waals surface area contributed by atoms with E-state index in [0.717, 1.165) is 0 Å². The van der Waals surface area contributed by atoms with Gasteiger partial charge in [-0.1, -0.05) is 5.48 Å². The fraction of sp³-hybridized carbons (Fsp3) is 0.857. The number of carbonyl (C=O) groups excluding carboxylic acids is 1. The Labute approximate surface area is 71.9 Å². The van der Waals surface area contributed by atoms with Crippen LogP contribution in [0.15, 0.2) is 0 Å². The lowest BCUT2D eigenvalue weighted by Crippen LogP contribution is -2.16. The monoisotopic (exact) mass is 176 g/mol. The quantitative estimate of drug-likeness (QED) is 0.396. The number of nitrogens with zero attached hydrogens (tertiary/aromatic N) is 1. The molecular formula is C7H14NO4. The first kappa shape index (κ1) is 11.4. The second-order valence-electron chi connectivity index (χ2n) is 2.05. The highest BCUT2D eigenvalue weighted by atomic mass is 16.7. The van der Waals surface area contributed by atoms with E-state index >= 15 is 0 Å². The first-order valence-electron chi connectivity index (χ1n) is 3.67. The number of carbonyl (C=O) groups is 1. The molecule has 0 aromatic heterocycles. The van der Waals surface area contributed by atoms with E-state index in [1.807, 2.05) is 0 Å². The number of hydrogen-bond donors (Lipinski definition) is 0. The largest absolute Gasteiger partial charge is 0.382 e. The predicted molar refractivity (Wildman–Crippen MR) is 41.5 cm³/mol. The van der Waals surface area contributed by atoms with Gasteiger partial charge in [0.15, 0.2) is 0 Å². The van der Waals surface area contributed by atoms with Crippen LogP contribution in [-0.2, 0) is 19.1 Å². The third-order valence-electron chi connectivity index (χ3n) is 0.944. The summed E-state index contributed by atoms with van der Waals surface area (Å²) in [6.45, 7) is 3.12. The van der Waals surface area contributed by atoms with Crippen molar-refractivity contribution in [2.45, 2.75) is 6.92 Å². The second-order valence-corrected chi connectivity index (χ2v) is 2.05. The van der Waals surface area contributed by atoms with Gasteiger partial charge in [0.05, 0.1) is 19.8 Å². The predicted octanol–water partition coefficient (Wildman–Crippen LogP) is -0.268. The van der Waals surface area contributed by atoms with Crippen LogP contribution in [-0.4, -0.2) is 39.4 Å². The van der Waals surface area contributed by atoms with Crippen molar-refractivity contribution in [3.05, 3.63) is 0 Å². The van der Waals surface area contributed by atoms with Crippen LogP contribution >= 0.6 is 0 Å². The highest BCUT2D eigenvalue weighted by Gasteiger charge is 1.93. The van der Waals surface area contributed by atoms with Crippen LogP contribution in [0.4, 0.5) is 0 Å². The highest BCUT2D eigenvalue weighted by molar-refractivity contribution is 5.71. The van der Waals surface area contributed by atoms with Crippen molar-refractivity contribution >= 4 is 5.91 Å². The lowest BCUT2D eigenvalue weighted by molar-refractivity contribution is -0.133. The summed E-state index contributed by atoms with van der Waals surface area (Å²) in [5.41, 5.74) is 3.19. The van der Waals surface area contributed by atoms with Crippen molar-refractivity contribution in [1.29, 1.82) is 0 Å². The van der Waals surface area contributed by atoms with E-state index in [2.05, 4.69) is 10.3 Å². The van der Waals surface area contributed by atoms with Crippen molar-refractivity contribution in [3.8, 4) is 0 Å². The van der Waals surface area contributed by atoms with E-state index in [1.54, 1.807) is 7.11 Å². The zero-order chi connectivity index (χ0) is 9.23. The Bertz CT molecular complexity index is 118. The van der Waals surface area contributed by atoms with Crippen molar-refractivity contribution in [2.75, 3.05) is 33.5 Å². The molecule has 0 aliphatic heterocycles. The third kappa shape index (κ3) is 9.35. The summed E-state index contributed by atoms with van der Waals surface area (Å²) in [7, 11) is 1.60. The van der Waals surface area contributed by atoms with Gasteiger partial charge < -0.3 is 9.47 Å². The molecule has 0 saturated carbocycles. The molecule has 0 N–H and O–H groups in total. The minimum absolute atomic E-state index is 0.295. The maximum atomic E-state index is 10.2. The molecule has 5 heteroatoms. The number of hydroxylamine groups is 1. The zero-order valence-corrected chi connectivity index (χ0v) is 7.41. The topological polar surface area (TPSA) is 58.9 Å². The van der Waals surface area contributed by atoms with E-state index in [4.69, 9.17) is 9.47 Å². The first-order chi connectivity index (χ1) is 5.77. The van der Waals surface area contributed by atoms with Crippen molar-refractivity contribution in [2.24, 2.45) is 0 Å². The van der Waals surface area contributed by atoms with Gasteiger partial charge in [-0.25, -0.2) is 4.84 Å². The maximum absolute atomic E-state index is 10.2. The Hall–Kier alpha value is -0.650. The molecule has 0 atom stereocenters. The standard InChI is InChI=1S/C7H14NO4/c1-7(9)8-12-6-5-11-4-3-10-2/h3-6H2,1-2H3. The van der Waals surface area contributed by atoms with Crippen LogP contribution in [0.1, 0.15) is 6.92 Å². The summed E-state index contributed by atoms with van der Waals surface area (Å²) < 4.78 is 9.78. The minimum atomic E-state index is -0.341. The Morgan fingerprint density at radius 2 is 1.92 bits per heavy atom. The fourth-order valence-corrected chi connectivity index (χ4v) is 0.477. The number of rotatable bonds is 7. The van der Waals surface area contributed by atoms with Crippen LogP contribution in [0.5, 0.6) is 0 Å². The van der Waals surface area contributed by atoms with Gasteiger partial charge in [-0.05, 0) is 0 Å². The second kappa shape index (κ2) is 8.45. The van der Waals surface area contributed by atoms with Gasteiger partial charge in [0, 0.05) is 14.0 Å². The van der Waals surface area contributed by atoms with E-state index in [0.29, 0.717) is 26.4 Å². The smallest absolute Gasteiger partial charge is 0.266 e. The van der Waals surface area contributed by atoms with Crippen molar-refractivity contribution in [3.63, 3.8) is 0 Å². The summed E-state index contributed by atoms with van der Waals surface area (Å²) in [4.78, 5) is 14.8. The molecule has 1 radical (unpaired) electrons. The molecule has 0 rings (SSSR count). The SMILES string of the molecule is COCCOCCO[N]C(C)=O. The molecule has 0 unspecified atom stereocenters. The van der Waals surface area contributed by atoms with E-state index in [-0.39, 0.29) is 5.91 Å². The van der Waals surface area contributed by atoms with E-state index < -0.39 is 0 Å². The van der Waals surface area contributed by atoms with Crippen LogP contribution < -0.4 is 5.48 Å². The number of methoxy groups -OCH3 is 1. The lowest BCUT2D eigenvalue weighted by atomic mass is 10.7. The molecule has 0 fully saturated rings. The van der Waals surface area contributed by atoms with Crippen LogP contribution in [0.25, 0.3) is 0 Å². The Kier molecular flexibility index (Phi) is 7.99. The minimum Gasteiger partial charge on any atom is -0.382 e. The lowest BCUT2D eigenvalue weighted by Gasteiger charge is -2.02. The first-order valence-corrected chi connectivity index (χ1v) is 3.67. The van der Waals surface area contributed by atoms with E-state index in [9.17, 15) is 4.79 Å². The van der Waals surface area contributed by atoms with Crippen LogP contribution in [0.3, 0.4) is 0 Å². The van der Waals surface area contributed by atoms with Gasteiger partial charge in [-0.3, -0.25) is 4.79 Å². The van der Waals surface area contributed by atoms with E-state index in [1.165, 1.54) is 6.92 Å². The molecule has 0 bridgehead atoms. The average Bonchev–Trinajstić information content (AvgIpc) is 2.02. The summed E-state index contributed by atoms with van der Waals surface area (Å²) >= 11 is 0. The maximum Gasteiger partial charge on any atom is 0.266 e. The normalized spacial score (nSPS) is 9.83. The average molecular weight is 176 g/mol. The molecule has 71 valence electrons. The molecule has 0 heterocycles. The van der Waals surface area contributed by atoms with Gasteiger partial charge in [-0.2, -0.15) is 0 Å². The third-order valence-corrected chi connectivity index (χ3v) is 0.944. The van der Waals surface area contributed by atoms with Gasteiger partial charge in [0.1, 0.15) is 6.61 Å². The molecule has 0 aromatic carbocycles. The molecule has 0 aromatic rings. The molecule has 5 nitrogen and oxygen atoms in total. The van der Waals surface area contributed by atoms with Crippen LogP contribution in [0, 0.1) is 0 Å². The Balaban J connectivity index is 2.86. The van der Waals surface area contributed by atoms with Gasteiger partial charge in [-0.15, -0.1) is 0 Å². The van der Waals surface area contributed by atoms with Crippen molar-refractivity contribution < 1.29 is 19.1 Å². The van der Waals surface area contributed by atoms with Crippen LogP contribution in [0.2, 0.25) is 0 Å². The van der Waals surface area contributed by atoms with Gasteiger partial charge in [0.25, 0.3) is 5.91 Å². The Morgan fingerprint density at radius 1 is 1.25 bits per heavy atom. The van der Waals surface area contributed by atoms with Gasteiger partial charge >= 0.3 is 0 Å². The molecule has 1 amide bonds.